The number of hydrogen-bond donors (Lipinski definition) is 2. The summed E-state index contributed by atoms with van der Waals surface area (Å²) in [5, 5.41) is 14.0. The molecule has 2 N–H and O–H groups in total. The van der Waals surface area contributed by atoms with Crippen molar-refractivity contribution in [3.05, 3.63) is 59.8 Å². The number of aromatic nitrogens is 4. The van der Waals surface area contributed by atoms with E-state index >= 15 is 0 Å². The van der Waals surface area contributed by atoms with Gasteiger partial charge in [0.15, 0.2) is 0 Å². The van der Waals surface area contributed by atoms with Crippen molar-refractivity contribution in [2.45, 2.75) is 25.8 Å². The lowest BCUT2D eigenvalue weighted by atomic mass is 10.0. The van der Waals surface area contributed by atoms with Gasteiger partial charge >= 0.3 is 6.03 Å². The van der Waals surface area contributed by atoms with Crippen LogP contribution < -0.4 is 10.6 Å². The molecular formula is C21H24FN7O2. The summed E-state index contributed by atoms with van der Waals surface area (Å²) in [6.45, 7) is 3.03. The van der Waals surface area contributed by atoms with E-state index in [0.717, 1.165) is 5.69 Å². The van der Waals surface area contributed by atoms with E-state index < -0.39 is 11.8 Å². The molecule has 4 rings (SSSR count). The Morgan fingerprint density at radius 1 is 1.13 bits per heavy atom. The van der Waals surface area contributed by atoms with Gasteiger partial charge in [0.25, 0.3) is 5.91 Å². The second-order valence-electron chi connectivity index (χ2n) is 7.57. The zero-order valence-electron chi connectivity index (χ0n) is 17.4. The van der Waals surface area contributed by atoms with E-state index in [-0.39, 0.29) is 11.9 Å². The number of aryl methyl sites for hydroxylation is 2. The van der Waals surface area contributed by atoms with Gasteiger partial charge in [0.05, 0.1) is 17.9 Å². The maximum absolute atomic E-state index is 13.3. The van der Waals surface area contributed by atoms with E-state index in [1.807, 2.05) is 11.8 Å². The highest BCUT2D eigenvalue weighted by Crippen LogP contribution is 2.26. The molecule has 1 fully saturated rings. The maximum Gasteiger partial charge on any atom is 0.324 e. The van der Waals surface area contributed by atoms with Gasteiger partial charge in [-0.15, -0.1) is 0 Å². The van der Waals surface area contributed by atoms with Crippen LogP contribution in [0, 0.1) is 12.7 Å². The number of benzene rings is 1. The Kier molecular flexibility index (Phi) is 5.70. The predicted octanol–water partition coefficient (Wildman–Crippen LogP) is 3.19. The minimum absolute atomic E-state index is 0.0326. The average molecular weight is 425 g/mol. The van der Waals surface area contributed by atoms with Gasteiger partial charge in [0, 0.05) is 31.9 Å². The molecule has 1 aliphatic heterocycles. The third kappa shape index (κ3) is 4.57. The van der Waals surface area contributed by atoms with Crippen LogP contribution in [0.1, 0.15) is 35.1 Å². The van der Waals surface area contributed by atoms with Gasteiger partial charge in [-0.25, -0.2) is 13.9 Å². The number of carbonyl (C=O) groups is 2. The molecule has 1 aromatic carbocycles. The molecule has 10 heteroatoms. The van der Waals surface area contributed by atoms with Gasteiger partial charge in [0.2, 0.25) is 0 Å². The number of halogens is 1. The fraction of sp³-hybridized carbons (Fsp3) is 0.333. The van der Waals surface area contributed by atoms with Crippen molar-refractivity contribution in [2.75, 3.05) is 23.7 Å². The van der Waals surface area contributed by atoms with Crippen LogP contribution in [-0.2, 0) is 7.05 Å². The van der Waals surface area contributed by atoms with Crippen LogP contribution in [0.3, 0.4) is 0 Å². The van der Waals surface area contributed by atoms with E-state index in [4.69, 9.17) is 0 Å². The topological polar surface area (TPSA) is 97.1 Å². The summed E-state index contributed by atoms with van der Waals surface area (Å²) in [6, 6.07) is 8.76. The quantitative estimate of drug-likeness (QED) is 0.671. The number of hydrogen-bond acceptors (Lipinski definition) is 4. The van der Waals surface area contributed by atoms with Crippen molar-refractivity contribution >= 4 is 23.4 Å². The molecule has 0 atom stereocenters. The first-order valence-corrected chi connectivity index (χ1v) is 10.1. The summed E-state index contributed by atoms with van der Waals surface area (Å²) in [7, 11) is 1.77. The van der Waals surface area contributed by atoms with Gasteiger partial charge in [-0.05, 0) is 44.0 Å². The van der Waals surface area contributed by atoms with Crippen molar-refractivity contribution < 1.29 is 14.0 Å². The fourth-order valence-electron chi connectivity index (χ4n) is 3.84. The molecular weight excluding hydrogens is 401 g/mol. The van der Waals surface area contributed by atoms with Gasteiger partial charge < -0.3 is 10.2 Å². The smallest absolute Gasteiger partial charge is 0.324 e. The normalized spacial score (nSPS) is 14.5. The van der Waals surface area contributed by atoms with Crippen LogP contribution in [0.15, 0.2) is 42.6 Å². The van der Waals surface area contributed by atoms with Crippen LogP contribution in [-0.4, -0.2) is 49.5 Å². The number of anilines is 2. The molecule has 0 radical (unpaired) electrons. The maximum atomic E-state index is 13.3. The van der Waals surface area contributed by atoms with E-state index in [1.165, 1.54) is 18.2 Å². The Morgan fingerprint density at radius 2 is 1.90 bits per heavy atom. The highest BCUT2D eigenvalue weighted by atomic mass is 19.1. The molecule has 3 heterocycles. The molecule has 0 bridgehead atoms. The average Bonchev–Trinajstić information content (AvgIpc) is 3.33. The van der Waals surface area contributed by atoms with Crippen LogP contribution in [0.25, 0.3) is 0 Å². The Bertz CT molecular complexity index is 1100. The molecule has 31 heavy (non-hydrogen) atoms. The van der Waals surface area contributed by atoms with Gasteiger partial charge in [-0.1, -0.05) is 6.07 Å². The van der Waals surface area contributed by atoms with Crippen molar-refractivity contribution in [2.24, 2.45) is 7.05 Å². The third-order valence-electron chi connectivity index (χ3n) is 5.31. The molecule has 0 unspecified atom stereocenters. The summed E-state index contributed by atoms with van der Waals surface area (Å²) < 4.78 is 16.7. The lowest BCUT2D eigenvalue weighted by molar-refractivity contribution is 0.0680. The molecule has 2 aromatic heterocycles. The molecule has 1 saturated heterocycles. The monoisotopic (exact) mass is 425 g/mol. The summed E-state index contributed by atoms with van der Waals surface area (Å²) in [6.07, 6.45) is 3.04. The first-order valence-electron chi connectivity index (χ1n) is 10.1. The summed E-state index contributed by atoms with van der Waals surface area (Å²) in [5.41, 5.74) is 1.75. The van der Waals surface area contributed by atoms with Crippen molar-refractivity contribution in [3.63, 3.8) is 0 Å². The minimum atomic E-state index is -0.480. The standard InChI is InChI=1S/C21H24FN7O2/c1-14-12-18(27(2)26-14)20(30)28-10-7-17(8-11-28)29-19(6-9-23-29)25-21(31)24-16-5-3-4-15(22)13-16/h3-6,9,12-13,17H,7-8,10-11H2,1-2H3,(H2,24,25,31). The SMILES string of the molecule is Cc1cc(C(=O)N2CCC(n3nccc3NC(=O)Nc3cccc(F)c3)CC2)n(C)n1. The van der Waals surface area contributed by atoms with Crippen molar-refractivity contribution in [3.8, 4) is 0 Å². The number of nitrogens with zero attached hydrogens (tertiary/aromatic N) is 5. The van der Waals surface area contributed by atoms with E-state index in [2.05, 4.69) is 20.8 Å². The molecule has 0 aliphatic carbocycles. The van der Waals surface area contributed by atoms with E-state index in [1.54, 1.807) is 40.8 Å². The molecule has 9 nitrogen and oxygen atoms in total. The third-order valence-corrected chi connectivity index (χ3v) is 5.31. The molecule has 1 aliphatic rings. The van der Waals surface area contributed by atoms with E-state index in [0.29, 0.717) is 43.1 Å². The molecule has 162 valence electrons. The lowest BCUT2D eigenvalue weighted by Gasteiger charge is -2.32. The van der Waals surface area contributed by atoms with Crippen molar-refractivity contribution in [1.29, 1.82) is 0 Å². The second-order valence-corrected chi connectivity index (χ2v) is 7.57. The number of rotatable bonds is 4. The minimum Gasteiger partial charge on any atom is -0.337 e. The highest BCUT2D eigenvalue weighted by Gasteiger charge is 2.27. The Labute approximate surface area is 178 Å². The first kappa shape index (κ1) is 20.6. The Balaban J connectivity index is 1.36. The second kappa shape index (κ2) is 8.58. The Morgan fingerprint density at radius 3 is 2.58 bits per heavy atom. The number of nitrogens with one attached hydrogen (secondary N) is 2. The summed E-state index contributed by atoms with van der Waals surface area (Å²) in [4.78, 5) is 26.9. The van der Waals surface area contributed by atoms with Gasteiger partial charge in [-0.3, -0.25) is 14.8 Å². The zero-order chi connectivity index (χ0) is 22.0. The Hall–Kier alpha value is -3.69. The molecule has 0 saturated carbocycles. The number of piperidine rings is 1. The van der Waals surface area contributed by atoms with E-state index in [9.17, 15) is 14.0 Å². The lowest BCUT2D eigenvalue weighted by Crippen LogP contribution is -2.40. The number of carbonyl (C=O) groups excluding carboxylic acids is 2. The predicted molar refractivity (Wildman–Crippen MR) is 113 cm³/mol. The molecule has 3 aromatic rings. The number of likely N-dealkylation sites (tertiary alicyclic amines) is 1. The largest absolute Gasteiger partial charge is 0.337 e. The van der Waals surface area contributed by atoms with Crippen LogP contribution in [0.4, 0.5) is 20.7 Å². The molecule has 0 spiro atoms. The van der Waals surface area contributed by atoms with Gasteiger partial charge in [0.1, 0.15) is 17.3 Å². The molecule has 3 amide bonds. The van der Waals surface area contributed by atoms with Crippen LogP contribution >= 0.6 is 0 Å². The summed E-state index contributed by atoms with van der Waals surface area (Å²) in [5.74, 6) is 0.0845. The fourth-order valence-corrected chi connectivity index (χ4v) is 3.84. The number of amides is 3. The summed E-state index contributed by atoms with van der Waals surface area (Å²) >= 11 is 0. The highest BCUT2D eigenvalue weighted by molar-refractivity contribution is 5.99. The number of urea groups is 1. The van der Waals surface area contributed by atoms with Crippen LogP contribution in [0.5, 0.6) is 0 Å². The van der Waals surface area contributed by atoms with Crippen molar-refractivity contribution in [1.82, 2.24) is 24.5 Å². The zero-order valence-corrected chi connectivity index (χ0v) is 17.4. The first-order chi connectivity index (χ1) is 14.9. The van der Waals surface area contributed by atoms with Crippen LogP contribution in [0.2, 0.25) is 0 Å². The van der Waals surface area contributed by atoms with Gasteiger partial charge in [-0.2, -0.15) is 10.2 Å².